The van der Waals surface area contributed by atoms with Gasteiger partial charge in [0.05, 0.1) is 11.6 Å². The third-order valence-electron chi connectivity index (χ3n) is 6.20. The molecule has 1 aliphatic rings. The number of Topliss-reactive ketones (excluding diaryl/α,β-unsaturated/α-hetero) is 1. The molecular weight excluding hydrogens is 544 g/mol. The van der Waals surface area contributed by atoms with Crippen molar-refractivity contribution in [3.05, 3.63) is 119 Å². The van der Waals surface area contributed by atoms with Crippen LogP contribution >= 0.6 is 23.1 Å². The summed E-state index contributed by atoms with van der Waals surface area (Å²) in [5, 5.41) is 20.0. The molecule has 1 aliphatic heterocycles. The van der Waals surface area contributed by atoms with E-state index in [-0.39, 0.29) is 28.0 Å². The minimum atomic E-state index is -1.11. The van der Waals surface area contributed by atoms with Crippen molar-refractivity contribution in [3.63, 3.8) is 0 Å². The summed E-state index contributed by atoms with van der Waals surface area (Å²) >= 11 is 2.29. The van der Waals surface area contributed by atoms with Crippen molar-refractivity contribution in [2.75, 3.05) is 4.90 Å². The zero-order valence-corrected chi connectivity index (χ0v) is 21.5. The fraction of sp³-hybridized carbons (Fsp3) is 0.0714. The summed E-state index contributed by atoms with van der Waals surface area (Å²) in [5.74, 6) is -2.92. The molecule has 0 radical (unpaired) electrons. The van der Waals surface area contributed by atoms with Crippen molar-refractivity contribution in [2.24, 2.45) is 0 Å². The molecule has 194 valence electrons. The molecule has 7 nitrogen and oxygen atoms in total. The van der Waals surface area contributed by atoms with Gasteiger partial charge >= 0.3 is 0 Å². The van der Waals surface area contributed by atoms with Gasteiger partial charge in [0.2, 0.25) is 10.9 Å². The van der Waals surface area contributed by atoms with Crippen LogP contribution in [0.3, 0.4) is 0 Å². The van der Waals surface area contributed by atoms with Gasteiger partial charge in [0.1, 0.15) is 17.2 Å². The molecule has 0 spiro atoms. The Morgan fingerprint density at radius 2 is 1.77 bits per heavy atom. The van der Waals surface area contributed by atoms with Crippen LogP contribution < -0.4 is 4.90 Å². The second-order valence-corrected chi connectivity index (χ2v) is 10.8. The number of fused-ring (bicyclic) bond motifs is 1. The number of anilines is 1. The molecule has 2 aromatic heterocycles. The molecule has 0 aliphatic carbocycles. The van der Waals surface area contributed by atoms with Crippen LogP contribution in [0.2, 0.25) is 0 Å². The largest absolute Gasteiger partial charge is 0.503 e. The molecule has 0 saturated heterocycles. The zero-order valence-electron chi connectivity index (χ0n) is 19.9. The average molecular weight is 562 g/mol. The number of hydrogen-bond acceptors (Lipinski definition) is 8. The molecule has 0 fully saturated rings. The fourth-order valence-corrected chi connectivity index (χ4v) is 6.19. The second kappa shape index (κ2) is 10.1. The highest BCUT2D eigenvalue weighted by atomic mass is 32.2. The summed E-state index contributed by atoms with van der Waals surface area (Å²) in [6.07, 6.45) is 0. The number of para-hydroxylation sites is 1. The van der Waals surface area contributed by atoms with Crippen molar-refractivity contribution < 1.29 is 27.9 Å². The predicted molar refractivity (Wildman–Crippen MR) is 143 cm³/mol. The predicted octanol–water partition coefficient (Wildman–Crippen LogP) is 6.64. The van der Waals surface area contributed by atoms with Crippen LogP contribution in [0.15, 0.2) is 99.0 Å². The van der Waals surface area contributed by atoms with Gasteiger partial charge in [-0.05, 0) is 41.5 Å². The topological polar surface area (TPSA) is 96.5 Å². The highest BCUT2D eigenvalue weighted by Gasteiger charge is 2.46. The quantitative estimate of drug-likeness (QED) is 0.135. The van der Waals surface area contributed by atoms with Gasteiger partial charge < -0.3 is 9.52 Å². The summed E-state index contributed by atoms with van der Waals surface area (Å²) in [4.78, 5) is 28.2. The van der Waals surface area contributed by atoms with Crippen LogP contribution in [-0.4, -0.2) is 27.0 Å². The number of rotatable bonds is 7. The van der Waals surface area contributed by atoms with Gasteiger partial charge in [0.25, 0.3) is 5.91 Å². The van der Waals surface area contributed by atoms with Gasteiger partial charge in [-0.2, -0.15) is 0 Å². The maximum Gasteiger partial charge on any atom is 0.296 e. The lowest BCUT2D eigenvalue weighted by Gasteiger charge is -2.23. The van der Waals surface area contributed by atoms with Crippen LogP contribution in [0, 0.1) is 11.6 Å². The smallest absolute Gasteiger partial charge is 0.296 e. The maximum atomic E-state index is 14.0. The van der Waals surface area contributed by atoms with Crippen molar-refractivity contribution in [1.82, 2.24) is 10.2 Å². The number of halogens is 2. The summed E-state index contributed by atoms with van der Waals surface area (Å²) < 4.78 is 34.0. The number of carbonyl (C=O) groups is 2. The Hall–Kier alpha value is -4.35. The first kappa shape index (κ1) is 25.0. The fourth-order valence-electron chi connectivity index (χ4n) is 4.33. The number of nitrogens with zero attached hydrogens (tertiary/aromatic N) is 3. The van der Waals surface area contributed by atoms with Gasteiger partial charge in [-0.3, -0.25) is 14.5 Å². The van der Waals surface area contributed by atoms with Crippen molar-refractivity contribution in [2.45, 2.75) is 16.1 Å². The van der Waals surface area contributed by atoms with E-state index in [1.54, 1.807) is 42.5 Å². The van der Waals surface area contributed by atoms with Gasteiger partial charge in [0, 0.05) is 11.1 Å². The van der Waals surface area contributed by atoms with Gasteiger partial charge in [0.15, 0.2) is 15.9 Å². The molecule has 1 atom stereocenters. The van der Waals surface area contributed by atoms with Gasteiger partial charge in [-0.25, -0.2) is 8.78 Å². The number of benzene rings is 3. The molecule has 0 bridgehead atoms. The number of aliphatic hydroxyl groups is 1. The SMILES string of the molecule is O=C(C1=C(O)C(=O)N(c2nnc(SCc3ccccc3F)s2)[C@@H]1c1ccc(F)cc1)c1cc2ccccc2o1. The molecule has 1 amide bonds. The first-order valence-corrected chi connectivity index (χ1v) is 13.5. The van der Waals surface area contributed by atoms with E-state index in [1.165, 1.54) is 48.2 Å². The van der Waals surface area contributed by atoms with E-state index >= 15 is 0 Å². The second-order valence-electron chi connectivity index (χ2n) is 8.60. The van der Waals surface area contributed by atoms with Gasteiger partial charge in [-0.1, -0.05) is 71.6 Å². The summed E-state index contributed by atoms with van der Waals surface area (Å²) in [6, 6.07) is 19.1. The first-order valence-electron chi connectivity index (χ1n) is 11.7. The van der Waals surface area contributed by atoms with Gasteiger partial charge in [-0.15, -0.1) is 10.2 Å². The number of amides is 1. The summed E-state index contributed by atoms with van der Waals surface area (Å²) in [5.41, 5.74) is 1.12. The standard InChI is InChI=1S/C28H17F2N3O4S2/c29-18-11-9-15(10-12-18)23-22(24(34)21-13-16-5-2-4-8-20(16)37-21)25(35)26(36)33(23)27-31-32-28(39-27)38-14-17-6-1-3-7-19(17)30/h1-13,23,35H,14H2/t23-/m1/s1. The lowest BCUT2D eigenvalue weighted by molar-refractivity contribution is -0.117. The number of aliphatic hydroxyl groups excluding tert-OH is 1. The Morgan fingerprint density at radius 1 is 1.03 bits per heavy atom. The number of thioether (sulfide) groups is 1. The number of ketones is 1. The maximum absolute atomic E-state index is 14.0. The summed E-state index contributed by atoms with van der Waals surface area (Å²) in [6.45, 7) is 0. The molecule has 3 heterocycles. The molecule has 3 aromatic carbocycles. The molecule has 0 saturated carbocycles. The van der Waals surface area contributed by atoms with Crippen LogP contribution in [0.4, 0.5) is 13.9 Å². The Morgan fingerprint density at radius 3 is 2.54 bits per heavy atom. The van der Waals surface area contributed by atoms with Crippen molar-refractivity contribution in [3.8, 4) is 0 Å². The number of hydrogen-bond donors (Lipinski definition) is 1. The summed E-state index contributed by atoms with van der Waals surface area (Å²) in [7, 11) is 0. The highest BCUT2D eigenvalue weighted by Crippen LogP contribution is 2.44. The van der Waals surface area contributed by atoms with Crippen LogP contribution in [0.5, 0.6) is 0 Å². The number of aromatic nitrogens is 2. The monoisotopic (exact) mass is 561 g/mol. The van der Waals surface area contributed by atoms with E-state index in [1.807, 2.05) is 0 Å². The molecule has 11 heteroatoms. The lowest BCUT2D eigenvalue weighted by Crippen LogP contribution is -2.31. The minimum absolute atomic E-state index is 0.0575. The number of furan rings is 1. The van der Waals surface area contributed by atoms with Crippen molar-refractivity contribution in [1.29, 1.82) is 0 Å². The van der Waals surface area contributed by atoms with Crippen LogP contribution in [0.1, 0.15) is 27.7 Å². The third kappa shape index (κ3) is 4.59. The van der Waals surface area contributed by atoms with E-state index in [4.69, 9.17) is 4.42 Å². The molecule has 0 unspecified atom stereocenters. The van der Waals surface area contributed by atoms with Crippen LogP contribution in [0.25, 0.3) is 11.0 Å². The Bertz CT molecular complexity index is 1730. The average Bonchev–Trinajstić information content (AvgIpc) is 3.65. The van der Waals surface area contributed by atoms with E-state index in [2.05, 4.69) is 10.2 Å². The molecule has 39 heavy (non-hydrogen) atoms. The highest BCUT2D eigenvalue weighted by molar-refractivity contribution is 8.00. The lowest BCUT2D eigenvalue weighted by atomic mass is 9.95. The third-order valence-corrected chi connectivity index (χ3v) is 8.30. The van der Waals surface area contributed by atoms with E-state index in [0.717, 1.165) is 16.2 Å². The molecular formula is C28H17F2N3O4S2. The Balaban J connectivity index is 1.36. The van der Waals surface area contributed by atoms with E-state index in [9.17, 15) is 23.5 Å². The molecule has 5 aromatic rings. The molecule has 1 N–H and O–H groups in total. The van der Waals surface area contributed by atoms with Crippen LogP contribution in [-0.2, 0) is 10.5 Å². The van der Waals surface area contributed by atoms with E-state index in [0.29, 0.717) is 26.4 Å². The first-order chi connectivity index (χ1) is 18.9. The van der Waals surface area contributed by atoms with E-state index < -0.39 is 29.3 Å². The molecule has 6 rings (SSSR count). The minimum Gasteiger partial charge on any atom is -0.503 e. The number of carbonyl (C=O) groups excluding carboxylic acids is 2. The zero-order chi connectivity index (χ0) is 27.1. The Kier molecular flexibility index (Phi) is 6.45. The Labute approximate surface area is 228 Å². The normalized spacial score (nSPS) is 15.5. The van der Waals surface area contributed by atoms with Crippen molar-refractivity contribution >= 4 is 50.9 Å².